The number of aryl methyl sites for hydroxylation is 3. The van der Waals surface area contributed by atoms with Crippen molar-refractivity contribution in [1.82, 2.24) is 24.6 Å². The van der Waals surface area contributed by atoms with Crippen LogP contribution in [0.4, 0.5) is 0 Å². The molecule has 5 aromatic rings. The number of hydrogen-bond donors (Lipinski definition) is 1. The molecule has 0 unspecified atom stereocenters. The quantitative estimate of drug-likeness (QED) is 0.362. The lowest BCUT2D eigenvalue weighted by Crippen LogP contribution is -2.25. The molecule has 5 rings (SSSR count). The van der Waals surface area contributed by atoms with Crippen LogP contribution in [-0.4, -0.2) is 31.8 Å². The molecule has 3 heterocycles. The molecule has 0 aliphatic rings. The van der Waals surface area contributed by atoms with E-state index in [1.807, 2.05) is 65.0 Å². The van der Waals surface area contributed by atoms with Gasteiger partial charge < -0.3 is 9.88 Å². The molecule has 0 aliphatic heterocycles. The van der Waals surface area contributed by atoms with E-state index < -0.39 is 0 Å². The fraction of sp³-hybridized carbons (Fsp3) is 0.207. The normalized spacial score (nSPS) is 11.2. The second kappa shape index (κ2) is 9.58. The summed E-state index contributed by atoms with van der Waals surface area (Å²) in [6, 6.07) is 22.2. The lowest BCUT2D eigenvalue weighted by Gasteiger charge is -2.08. The van der Waals surface area contributed by atoms with E-state index in [1.165, 1.54) is 11.1 Å². The molecule has 6 nitrogen and oxygen atoms in total. The van der Waals surface area contributed by atoms with E-state index in [2.05, 4.69) is 49.5 Å². The van der Waals surface area contributed by atoms with E-state index in [9.17, 15) is 4.79 Å². The Bertz CT molecular complexity index is 1460. The van der Waals surface area contributed by atoms with Crippen LogP contribution < -0.4 is 5.32 Å². The summed E-state index contributed by atoms with van der Waals surface area (Å²) in [6.45, 7) is 7.36. The zero-order chi connectivity index (χ0) is 24.4. The Balaban J connectivity index is 1.31. The number of benzene rings is 2. The molecule has 0 bridgehead atoms. The zero-order valence-electron chi connectivity index (χ0n) is 20.3. The topological polar surface area (TPSA) is 64.7 Å². The van der Waals surface area contributed by atoms with Gasteiger partial charge in [-0.2, -0.15) is 5.10 Å². The zero-order valence-corrected chi connectivity index (χ0v) is 20.3. The van der Waals surface area contributed by atoms with Crippen LogP contribution in [0.2, 0.25) is 0 Å². The highest BCUT2D eigenvalue weighted by Crippen LogP contribution is 2.25. The Morgan fingerprint density at radius 1 is 0.914 bits per heavy atom. The Morgan fingerprint density at radius 2 is 1.60 bits per heavy atom. The van der Waals surface area contributed by atoms with Gasteiger partial charge >= 0.3 is 0 Å². The third-order valence-corrected chi connectivity index (χ3v) is 6.23. The van der Waals surface area contributed by atoms with Gasteiger partial charge in [-0.15, -0.1) is 0 Å². The minimum Gasteiger partial charge on any atom is -0.352 e. The SMILES string of the molecule is Cc1ccc(CCNC(=O)c2ccc(Cn3nc(-n4cccc4)c4c(C)cc(C)nc43)cc2)cc1. The van der Waals surface area contributed by atoms with Crippen molar-refractivity contribution in [2.24, 2.45) is 0 Å². The molecule has 0 radical (unpaired) electrons. The molecule has 0 spiro atoms. The molecule has 0 saturated heterocycles. The number of carbonyl (C=O) groups excluding carboxylic acids is 1. The predicted octanol–water partition coefficient (Wildman–Crippen LogP) is 5.17. The molecule has 0 atom stereocenters. The summed E-state index contributed by atoms with van der Waals surface area (Å²) in [4.78, 5) is 17.4. The van der Waals surface area contributed by atoms with Crippen molar-refractivity contribution < 1.29 is 4.79 Å². The third-order valence-electron chi connectivity index (χ3n) is 6.23. The van der Waals surface area contributed by atoms with Gasteiger partial charge in [-0.3, -0.25) is 4.79 Å². The fourth-order valence-corrected chi connectivity index (χ4v) is 4.37. The smallest absolute Gasteiger partial charge is 0.251 e. The number of amides is 1. The maximum Gasteiger partial charge on any atom is 0.251 e. The molecule has 6 heteroatoms. The third kappa shape index (κ3) is 4.87. The maximum atomic E-state index is 12.6. The standard InChI is InChI=1S/C29H29N5O/c1-20-6-8-23(9-7-20)14-15-30-29(35)25-12-10-24(11-13-25)19-34-27-26(21(2)18-22(3)31-27)28(32-34)33-16-4-5-17-33/h4-13,16-18H,14-15,19H2,1-3H3,(H,30,35). The Morgan fingerprint density at radius 3 is 2.31 bits per heavy atom. The molecular weight excluding hydrogens is 434 g/mol. The summed E-state index contributed by atoms with van der Waals surface area (Å²) in [5.41, 5.74) is 7.16. The van der Waals surface area contributed by atoms with Crippen LogP contribution >= 0.6 is 0 Å². The fourth-order valence-electron chi connectivity index (χ4n) is 4.37. The first kappa shape index (κ1) is 22.6. The van der Waals surface area contributed by atoms with E-state index in [4.69, 9.17) is 10.1 Å². The number of aromatic nitrogens is 4. The molecule has 3 aromatic heterocycles. The van der Waals surface area contributed by atoms with Gasteiger partial charge in [0.15, 0.2) is 11.5 Å². The average molecular weight is 464 g/mol. The van der Waals surface area contributed by atoms with Crippen molar-refractivity contribution >= 4 is 16.9 Å². The van der Waals surface area contributed by atoms with Gasteiger partial charge in [-0.25, -0.2) is 9.67 Å². The monoisotopic (exact) mass is 463 g/mol. The van der Waals surface area contributed by atoms with Crippen molar-refractivity contribution in [3.8, 4) is 5.82 Å². The van der Waals surface area contributed by atoms with Crippen LogP contribution in [0.1, 0.15) is 38.3 Å². The Labute approximate surface area is 205 Å². The van der Waals surface area contributed by atoms with E-state index in [0.717, 1.165) is 40.1 Å². The summed E-state index contributed by atoms with van der Waals surface area (Å²) in [7, 11) is 0. The molecular formula is C29H29N5O. The van der Waals surface area contributed by atoms with Crippen molar-refractivity contribution in [2.75, 3.05) is 6.54 Å². The number of fused-ring (bicyclic) bond motifs is 1. The Kier molecular flexibility index (Phi) is 6.19. The van der Waals surface area contributed by atoms with Crippen molar-refractivity contribution in [3.05, 3.63) is 113 Å². The lowest BCUT2D eigenvalue weighted by atomic mass is 10.1. The van der Waals surface area contributed by atoms with E-state index in [0.29, 0.717) is 18.7 Å². The summed E-state index contributed by atoms with van der Waals surface area (Å²) >= 11 is 0. The minimum atomic E-state index is -0.0592. The highest BCUT2D eigenvalue weighted by molar-refractivity contribution is 5.94. The second-order valence-electron chi connectivity index (χ2n) is 9.04. The number of carbonyl (C=O) groups is 1. The van der Waals surface area contributed by atoms with Crippen molar-refractivity contribution in [3.63, 3.8) is 0 Å². The molecule has 0 aliphatic carbocycles. The lowest BCUT2D eigenvalue weighted by molar-refractivity contribution is 0.0954. The highest BCUT2D eigenvalue weighted by Gasteiger charge is 2.16. The molecule has 0 fully saturated rings. The van der Waals surface area contributed by atoms with Gasteiger partial charge in [0.25, 0.3) is 5.91 Å². The highest BCUT2D eigenvalue weighted by atomic mass is 16.1. The first-order chi connectivity index (χ1) is 17.0. The van der Waals surface area contributed by atoms with Gasteiger partial charge in [-0.05, 0) is 74.2 Å². The van der Waals surface area contributed by atoms with Gasteiger partial charge in [0.05, 0.1) is 11.9 Å². The number of hydrogen-bond acceptors (Lipinski definition) is 3. The molecule has 176 valence electrons. The number of nitrogens with one attached hydrogen (secondary N) is 1. The first-order valence-corrected chi connectivity index (χ1v) is 11.9. The van der Waals surface area contributed by atoms with Crippen LogP contribution in [0.5, 0.6) is 0 Å². The number of nitrogens with zero attached hydrogens (tertiary/aromatic N) is 4. The maximum absolute atomic E-state index is 12.6. The van der Waals surface area contributed by atoms with Crippen LogP contribution in [-0.2, 0) is 13.0 Å². The van der Waals surface area contributed by atoms with E-state index in [1.54, 1.807) is 0 Å². The first-order valence-electron chi connectivity index (χ1n) is 11.9. The van der Waals surface area contributed by atoms with Gasteiger partial charge in [0.1, 0.15) is 0 Å². The second-order valence-corrected chi connectivity index (χ2v) is 9.04. The molecule has 2 aromatic carbocycles. The van der Waals surface area contributed by atoms with Crippen LogP contribution in [0.3, 0.4) is 0 Å². The molecule has 0 saturated carbocycles. The van der Waals surface area contributed by atoms with Crippen molar-refractivity contribution in [1.29, 1.82) is 0 Å². The predicted molar refractivity (Wildman–Crippen MR) is 139 cm³/mol. The molecule has 1 N–H and O–H groups in total. The summed E-state index contributed by atoms with van der Waals surface area (Å²) < 4.78 is 3.97. The summed E-state index contributed by atoms with van der Waals surface area (Å²) in [5.74, 6) is 0.815. The van der Waals surface area contributed by atoms with Crippen LogP contribution in [0.25, 0.3) is 16.9 Å². The van der Waals surface area contributed by atoms with Crippen LogP contribution in [0.15, 0.2) is 79.1 Å². The average Bonchev–Trinajstić information content (AvgIpc) is 3.49. The van der Waals surface area contributed by atoms with Gasteiger partial charge in [-0.1, -0.05) is 42.0 Å². The molecule has 1 amide bonds. The molecule has 35 heavy (non-hydrogen) atoms. The van der Waals surface area contributed by atoms with Crippen molar-refractivity contribution in [2.45, 2.75) is 33.7 Å². The van der Waals surface area contributed by atoms with Crippen LogP contribution in [0, 0.1) is 20.8 Å². The largest absolute Gasteiger partial charge is 0.352 e. The van der Waals surface area contributed by atoms with Gasteiger partial charge in [0.2, 0.25) is 0 Å². The van der Waals surface area contributed by atoms with E-state index >= 15 is 0 Å². The van der Waals surface area contributed by atoms with E-state index in [-0.39, 0.29) is 5.91 Å². The number of pyridine rings is 1. The summed E-state index contributed by atoms with van der Waals surface area (Å²) in [6.07, 6.45) is 4.81. The Hall–Kier alpha value is -4.19. The minimum absolute atomic E-state index is 0.0592. The summed E-state index contributed by atoms with van der Waals surface area (Å²) in [5, 5.41) is 8.97. The van der Waals surface area contributed by atoms with Gasteiger partial charge in [0, 0.05) is 30.2 Å². The number of rotatable bonds is 7.